The molecule has 0 amide bonds. The van der Waals surface area contributed by atoms with Crippen LogP contribution in [0, 0.1) is 18.8 Å². The van der Waals surface area contributed by atoms with Crippen LogP contribution in [0.4, 0.5) is 0 Å². The van der Waals surface area contributed by atoms with Crippen molar-refractivity contribution >= 4 is 22.8 Å². The van der Waals surface area contributed by atoms with Crippen molar-refractivity contribution in [2.24, 2.45) is 11.8 Å². The van der Waals surface area contributed by atoms with Crippen molar-refractivity contribution in [3.05, 3.63) is 11.5 Å². The highest BCUT2D eigenvalue weighted by Gasteiger charge is 2.23. The summed E-state index contributed by atoms with van der Waals surface area (Å²) in [4.78, 5) is 4.73. The van der Waals surface area contributed by atoms with E-state index >= 15 is 0 Å². The molecule has 3 rings (SSSR count). The summed E-state index contributed by atoms with van der Waals surface area (Å²) in [6.07, 6.45) is 5.35. The van der Waals surface area contributed by atoms with Crippen LogP contribution in [0.25, 0.3) is 11.2 Å². The van der Waals surface area contributed by atoms with Gasteiger partial charge in [-0.3, -0.25) is 0 Å². The van der Waals surface area contributed by atoms with Gasteiger partial charge in [-0.15, -0.1) is 11.6 Å². The predicted octanol–water partition coefficient (Wildman–Crippen LogP) is 4.13. The van der Waals surface area contributed by atoms with Crippen molar-refractivity contribution in [3.8, 4) is 0 Å². The van der Waals surface area contributed by atoms with E-state index in [-0.39, 0.29) is 0 Å². The Morgan fingerprint density at radius 1 is 1.24 bits per heavy atom. The smallest absolute Gasteiger partial charge is 0.158 e. The zero-order chi connectivity index (χ0) is 15.0. The monoisotopic (exact) mass is 308 g/mol. The highest BCUT2D eigenvalue weighted by atomic mass is 35.5. The molecule has 4 nitrogen and oxygen atoms in total. The lowest BCUT2D eigenvalue weighted by Crippen LogP contribution is -2.19. The molecule has 5 heteroatoms. The lowest BCUT2D eigenvalue weighted by Gasteiger charge is -2.27. The van der Waals surface area contributed by atoms with Crippen LogP contribution in [0.1, 0.15) is 51.0 Å². The number of rotatable bonds is 4. The van der Waals surface area contributed by atoms with Crippen LogP contribution >= 0.6 is 11.6 Å². The molecule has 0 unspecified atom stereocenters. The Balaban J connectivity index is 1.95. The first-order chi connectivity index (χ1) is 10.1. The normalized spacial score (nSPS) is 23.0. The summed E-state index contributed by atoms with van der Waals surface area (Å²) in [6.45, 7) is 8.44. The number of fused-ring (bicyclic) bond motifs is 1. The molecule has 1 fully saturated rings. The van der Waals surface area contributed by atoms with Gasteiger partial charge in [-0.1, -0.05) is 19.8 Å². The molecular weight excluding hydrogens is 284 g/mol. The number of imidazole rings is 1. The number of alkyl halides is 1. The van der Waals surface area contributed by atoms with Crippen LogP contribution in [0.5, 0.6) is 0 Å². The summed E-state index contributed by atoms with van der Waals surface area (Å²) < 4.78 is 4.39. The summed E-state index contributed by atoms with van der Waals surface area (Å²) >= 11 is 6.14. The summed E-state index contributed by atoms with van der Waals surface area (Å²) in [5.41, 5.74) is 3.19. The molecule has 1 aliphatic rings. The fourth-order valence-electron chi connectivity index (χ4n) is 3.55. The summed E-state index contributed by atoms with van der Waals surface area (Å²) in [6, 6.07) is 0. The van der Waals surface area contributed by atoms with E-state index in [0.29, 0.717) is 5.88 Å². The van der Waals surface area contributed by atoms with Gasteiger partial charge < -0.3 is 4.57 Å². The van der Waals surface area contributed by atoms with Crippen molar-refractivity contribution in [1.29, 1.82) is 0 Å². The molecule has 0 radical (unpaired) electrons. The summed E-state index contributed by atoms with van der Waals surface area (Å²) in [5, 5.41) is 4.60. The molecule has 0 spiro atoms. The molecule has 2 aromatic heterocycles. The highest BCUT2D eigenvalue weighted by molar-refractivity contribution is 6.16. The molecule has 0 aliphatic heterocycles. The van der Waals surface area contributed by atoms with E-state index in [4.69, 9.17) is 16.6 Å². The van der Waals surface area contributed by atoms with Crippen LogP contribution in [0.2, 0.25) is 0 Å². The van der Waals surface area contributed by atoms with Gasteiger partial charge in [0.25, 0.3) is 0 Å². The van der Waals surface area contributed by atoms with Gasteiger partial charge >= 0.3 is 0 Å². The minimum absolute atomic E-state index is 0.473. The minimum Gasteiger partial charge on any atom is -0.312 e. The number of hydrogen-bond donors (Lipinski definition) is 0. The topological polar surface area (TPSA) is 35.6 Å². The quantitative estimate of drug-likeness (QED) is 0.796. The zero-order valence-electron chi connectivity index (χ0n) is 13.3. The lowest BCUT2D eigenvalue weighted by molar-refractivity contribution is 0.264. The van der Waals surface area contributed by atoms with E-state index in [9.17, 15) is 0 Å². The summed E-state index contributed by atoms with van der Waals surface area (Å²) in [5.74, 6) is 3.11. The van der Waals surface area contributed by atoms with E-state index in [0.717, 1.165) is 47.6 Å². The Bertz CT molecular complexity index is 620. The van der Waals surface area contributed by atoms with E-state index in [2.05, 4.69) is 28.2 Å². The van der Waals surface area contributed by atoms with Crippen molar-refractivity contribution in [3.63, 3.8) is 0 Å². The van der Waals surface area contributed by atoms with Crippen LogP contribution in [0.15, 0.2) is 0 Å². The van der Waals surface area contributed by atoms with Crippen molar-refractivity contribution in [2.75, 3.05) is 0 Å². The maximum atomic E-state index is 6.14. The number of aryl methyl sites for hydroxylation is 2. The van der Waals surface area contributed by atoms with Gasteiger partial charge in [0.05, 0.1) is 11.6 Å². The molecule has 2 aromatic rings. The SMILES string of the molecule is CCn1nc(C)c2nc(CCl)n(CC3CCC(C)CC3)c21. The summed E-state index contributed by atoms with van der Waals surface area (Å²) in [7, 11) is 0. The van der Waals surface area contributed by atoms with Crippen molar-refractivity contribution in [1.82, 2.24) is 19.3 Å². The van der Waals surface area contributed by atoms with Gasteiger partial charge in [0.15, 0.2) is 5.65 Å². The Morgan fingerprint density at radius 3 is 2.57 bits per heavy atom. The van der Waals surface area contributed by atoms with Gasteiger partial charge in [0.2, 0.25) is 0 Å². The largest absolute Gasteiger partial charge is 0.312 e. The molecule has 0 aromatic carbocycles. The molecule has 2 heterocycles. The first kappa shape index (κ1) is 14.9. The first-order valence-electron chi connectivity index (χ1n) is 8.12. The van der Waals surface area contributed by atoms with Gasteiger partial charge in [-0.2, -0.15) is 5.10 Å². The third kappa shape index (κ3) is 2.70. The molecule has 21 heavy (non-hydrogen) atoms. The molecule has 116 valence electrons. The number of hydrogen-bond acceptors (Lipinski definition) is 2. The van der Waals surface area contributed by atoms with Gasteiger partial charge in [0, 0.05) is 13.1 Å². The number of halogens is 1. The van der Waals surface area contributed by atoms with Gasteiger partial charge in [-0.25, -0.2) is 9.67 Å². The fraction of sp³-hybridized carbons (Fsp3) is 0.750. The second kappa shape index (κ2) is 5.99. The van der Waals surface area contributed by atoms with E-state index in [1.807, 2.05) is 6.92 Å². The number of nitrogens with zero attached hydrogens (tertiary/aromatic N) is 4. The van der Waals surface area contributed by atoms with Crippen molar-refractivity contribution < 1.29 is 0 Å². The average molecular weight is 309 g/mol. The lowest BCUT2D eigenvalue weighted by atomic mass is 9.83. The van der Waals surface area contributed by atoms with E-state index in [1.54, 1.807) is 0 Å². The molecule has 0 saturated heterocycles. The average Bonchev–Trinajstić information content (AvgIpc) is 3.00. The fourth-order valence-corrected chi connectivity index (χ4v) is 3.76. The maximum Gasteiger partial charge on any atom is 0.158 e. The van der Waals surface area contributed by atoms with Gasteiger partial charge in [-0.05, 0) is 38.5 Å². The zero-order valence-corrected chi connectivity index (χ0v) is 14.0. The molecule has 0 atom stereocenters. The minimum atomic E-state index is 0.473. The first-order valence-corrected chi connectivity index (χ1v) is 8.66. The standard InChI is InChI=1S/C16H25ClN4/c1-4-21-16-15(12(3)19-21)18-14(9-17)20(16)10-13-7-5-11(2)6-8-13/h11,13H,4-10H2,1-3H3. The van der Waals surface area contributed by atoms with Crippen LogP contribution in [0.3, 0.4) is 0 Å². The van der Waals surface area contributed by atoms with Gasteiger partial charge in [0.1, 0.15) is 11.3 Å². The van der Waals surface area contributed by atoms with E-state index < -0.39 is 0 Å². The Kier molecular flexibility index (Phi) is 4.25. The third-order valence-electron chi connectivity index (χ3n) is 4.87. The molecule has 1 aliphatic carbocycles. The Hall–Kier alpha value is -1.03. The molecule has 0 bridgehead atoms. The van der Waals surface area contributed by atoms with E-state index in [1.165, 1.54) is 25.7 Å². The molecule has 0 N–H and O–H groups in total. The Morgan fingerprint density at radius 2 is 1.95 bits per heavy atom. The highest BCUT2D eigenvalue weighted by Crippen LogP contribution is 2.31. The second-order valence-corrected chi connectivity index (χ2v) is 6.74. The second-order valence-electron chi connectivity index (χ2n) is 6.47. The third-order valence-corrected chi connectivity index (χ3v) is 5.11. The van der Waals surface area contributed by atoms with Crippen LogP contribution < -0.4 is 0 Å². The predicted molar refractivity (Wildman–Crippen MR) is 86.6 cm³/mol. The number of aromatic nitrogens is 4. The van der Waals surface area contributed by atoms with Crippen LogP contribution in [-0.2, 0) is 19.0 Å². The van der Waals surface area contributed by atoms with Crippen molar-refractivity contribution in [2.45, 2.75) is 65.4 Å². The van der Waals surface area contributed by atoms with Crippen LogP contribution in [-0.4, -0.2) is 19.3 Å². The Labute approximate surface area is 131 Å². The maximum absolute atomic E-state index is 6.14. The molecular formula is C16H25ClN4. The molecule has 1 saturated carbocycles.